The number of nitrogens with one attached hydrogen (secondary N) is 2. The Labute approximate surface area is 104 Å². The maximum atomic E-state index is 11.7. The molecule has 0 spiro atoms. The molecule has 1 aliphatic carbocycles. The number of urea groups is 1. The van der Waals surface area contributed by atoms with Gasteiger partial charge >= 0.3 is 6.03 Å². The Morgan fingerprint density at radius 2 is 1.82 bits per heavy atom. The Morgan fingerprint density at radius 3 is 2.35 bits per heavy atom. The summed E-state index contributed by atoms with van der Waals surface area (Å²) in [5.41, 5.74) is -0.641. The van der Waals surface area contributed by atoms with Crippen molar-refractivity contribution in [2.24, 2.45) is 0 Å². The van der Waals surface area contributed by atoms with E-state index in [4.69, 9.17) is 0 Å². The van der Waals surface area contributed by atoms with Crippen LogP contribution in [-0.2, 0) is 0 Å². The van der Waals surface area contributed by atoms with E-state index in [1.54, 1.807) is 0 Å². The van der Waals surface area contributed by atoms with E-state index in [1.165, 1.54) is 19.3 Å². The molecule has 1 saturated carbocycles. The fraction of sp³-hybridized carbons (Fsp3) is 0.846. The van der Waals surface area contributed by atoms with Gasteiger partial charge in [-0.25, -0.2) is 4.79 Å². The highest BCUT2D eigenvalue weighted by Gasteiger charge is 2.31. The van der Waals surface area contributed by atoms with E-state index in [0.29, 0.717) is 6.54 Å². The van der Waals surface area contributed by atoms with Crippen LogP contribution in [-0.4, -0.2) is 18.1 Å². The van der Waals surface area contributed by atoms with Gasteiger partial charge in [0.15, 0.2) is 0 Å². The van der Waals surface area contributed by atoms with E-state index in [9.17, 15) is 10.1 Å². The van der Waals surface area contributed by atoms with Crippen molar-refractivity contribution in [1.29, 1.82) is 5.26 Å². The lowest BCUT2D eigenvalue weighted by Gasteiger charge is -2.29. The van der Waals surface area contributed by atoms with Gasteiger partial charge in [0.05, 0.1) is 6.07 Å². The molecule has 2 N–H and O–H groups in total. The highest BCUT2D eigenvalue weighted by molar-refractivity contribution is 5.75. The van der Waals surface area contributed by atoms with E-state index in [1.807, 2.05) is 6.92 Å². The molecular weight excluding hydrogens is 214 g/mol. The summed E-state index contributed by atoms with van der Waals surface area (Å²) in [5.74, 6) is 0. The molecule has 1 aliphatic rings. The van der Waals surface area contributed by atoms with Crippen LogP contribution in [0, 0.1) is 11.3 Å². The zero-order valence-electron chi connectivity index (χ0n) is 10.7. The minimum Gasteiger partial charge on any atom is -0.338 e. The fourth-order valence-electron chi connectivity index (χ4n) is 2.27. The first-order valence-electron chi connectivity index (χ1n) is 6.70. The minimum absolute atomic E-state index is 0.200. The summed E-state index contributed by atoms with van der Waals surface area (Å²) in [5, 5.41) is 15.0. The number of hydrogen-bond donors (Lipinski definition) is 2. The summed E-state index contributed by atoms with van der Waals surface area (Å²) in [4.78, 5) is 11.7. The largest absolute Gasteiger partial charge is 0.338 e. The van der Waals surface area contributed by atoms with Crippen LogP contribution in [0.4, 0.5) is 4.79 Å². The van der Waals surface area contributed by atoms with Gasteiger partial charge < -0.3 is 10.6 Å². The Bertz CT molecular complexity index is 275. The van der Waals surface area contributed by atoms with Crippen molar-refractivity contribution in [3.05, 3.63) is 0 Å². The summed E-state index contributed by atoms with van der Waals surface area (Å²) < 4.78 is 0. The average Bonchev–Trinajstić information content (AvgIpc) is 2.30. The van der Waals surface area contributed by atoms with Gasteiger partial charge in [-0.15, -0.1) is 0 Å². The third-order valence-corrected chi connectivity index (χ3v) is 3.31. The van der Waals surface area contributed by atoms with Gasteiger partial charge in [0.2, 0.25) is 0 Å². The third-order valence-electron chi connectivity index (χ3n) is 3.31. The Hall–Kier alpha value is -1.24. The highest BCUT2D eigenvalue weighted by atomic mass is 16.2. The summed E-state index contributed by atoms with van der Waals surface area (Å²) >= 11 is 0. The molecule has 1 rings (SSSR count). The maximum absolute atomic E-state index is 11.7. The molecule has 4 nitrogen and oxygen atoms in total. The van der Waals surface area contributed by atoms with Crippen LogP contribution in [0.5, 0.6) is 0 Å². The zero-order valence-corrected chi connectivity index (χ0v) is 10.7. The first-order chi connectivity index (χ1) is 8.22. The number of nitrogens with zero attached hydrogens (tertiary/aromatic N) is 1. The summed E-state index contributed by atoms with van der Waals surface area (Å²) in [6.45, 7) is 2.67. The second-order valence-corrected chi connectivity index (χ2v) is 4.84. The van der Waals surface area contributed by atoms with Crippen LogP contribution in [0.25, 0.3) is 0 Å². The van der Waals surface area contributed by atoms with Gasteiger partial charge in [0.25, 0.3) is 0 Å². The van der Waals surface area contributed by atoms with Gasteiger partial charge in [-0.1, -0.05) is 39.0 Å². The molecule has 0 unspecified atom stereocenters. The number of amides is 2. The standard InChI is InChI=1S/C13H23N3O/c1-2-10-15-12(17)16-13(11-14)8-6-4-3-5-7-9-13/h2-10H2,1H3,(H2,15,16,17). The number of nitriles is 1. The van der Waals surface area contributed by atoms with Crippen molar-refractivity contribution >= 4 is 6.03 Å². The van der Waals surface area contributed by atoms with Crippen molar-refractivity contribution in [2.45, 2.75) is 63.8 Å². The number of rotatable bonds is 3. The lowest BCUT2D eigenvalue weighted by molar-refractivity contribution is 0.225. The van der Waals surface area contributed by atoms with Crippen molar-refractivity contribution < 1.29 is 4.79 Å². The summed E-state index contributed by atoms with van der Waals surface area (Å²) in [6.07, 6.45) is 8.12. The van der Waals surface area contributed by atoms with Gasteiger partial charge in [-0.2, -0.15) is 5.26 Å². The van der Waals surface area contributed by atoms with Crippen LogP contribution >= 0.6 is 0 Å². The normalized spacial score (nSPS) is 19.5. The van der Waals surface area contributed by atoms with Crippen LogP contribution in [0.1, 0.15) is 58.3 Å². The predicted molar refractivity (Wildman–Crippen MR) is 67.5 cm³/mol. The number of carbonyl (C=O) groups is 1. The summed E-state index contributed by atoms with van der Waals surface area (Å²) in [6, 6.07) is 2.12. The lowest BCUT2D eigenvalue weighted by atomic mass is 9.85. The smallest absolute Gasteiger partial charge is 0.316 e. The highest BCUT2D eigenvalue weighted by Crippen LogP contribution is 2.25. The molecule has 17 heavy (non-hydrogen) atoms. The Kier molecular flexibility index (Phi) is 5.82. The molecule has 0 aliphatic heterocycles. The van der Waals surface area contributed by atoms with E-state index in [2.05, 4.69) is 16.7 Å². The minimum atomic E-state index is -0.641. The molecule has 0 atom stereocenters. The van der Waals surface area contributed by atoms with E-state index in [0.717, 1.165) is 32.1 Å². The third kappa shape index (κ3) is 4.64. The number of carbonyl (C=O) groups excluding carboxylic acids is 1. The van der Waals surface area contributed by atoms with Crippen LogP contribution in [0.15, 0.2) is 0 Å². The molecule has 0 bridgehead atoms. The molecule has 96 valence electrons. The summed E-state index contributed by atoms with van der Waals surface area (Å²) in [7, 11) is 0. The van der Waals surface area contributed by atoms with Crippen LogP contribution in [0.3, 0.4) is 0 Å². The van der Waals surface area contributed by atoms with Crippen molar-refractivity contribution in [1.82, 2.24) is 10.6 Å². The molecule has 1 fully saturated rings. The van der Waals surface area contributed by atoms with Gasteiger partial charge in [-0.3, -0.25) is 0 Å². The molecule has 0 heterocycles. The topological polar surface area (TPSA) is 64.9 Å². The first kappa shape index (κ1) is 13.8. The lowest BCUT2D eigenvalue weighted by Crippen LogP contribution is -2.51. The molecule has 2 amide bonds. The molecule has 0 aromatic heterocycles. The molecule has 0 radical (unpaired) electrons. The SMILES string of the molecule is CCCNC(=O)NC1(C#N)CCCCCCC1. The Morgan fingerprint density at radius 1 is 1.24 bits per heavy atom. The van der Waals surface area contributed by atoms with Gasteiger partial charge in [-0.05, 0) is 19.3 Å². The quantitative estimate of drug-likeness (QED) is 0.792. The van der Waals surface area contributed by atoms with E-state index < -0.39 is 5.54 Å². The monoisotopic (exact) mass is 237 g/mol. The second-order valence-electron chi connectivity index (χ2n) is 4.84. The maximum Gasteiger partial charge on any atom is 0.316 e. The molecule has 0 saturated heterocycles. The molecule has 0 aromatic carbocycles. The predicted octanol–water partition coefficient (Wildman–Crippen LogP) is 2.70. The average molecular weight is 237 g/mol. The van der Waals surface area contributed by atoms with Crippen molar-refractivity contribution in [3.63, 3.8) is 0 Å². The van der Waals surface area contributed by atoms with Crippen LogP contribution in [0.2, 0.25) is 0 Å². The van der Waals surface area contributed by atoms with Crippen molar-refractivity contribution in [3.8, 4) is 6.07 Å². The molecule has 0 aromatic rings. The van der Waals surface area contributed by atoms with E-state index >= 15 is 0 Å². The zero-order chi connectivity index (χ0) is 12.6. The molecule has 4 heteroatoms. The van der Waals surface area contributed by atoms with Crippen molar-refractivity contribution in [2.75, 3.05) is 6.54 Å². The Balaban J connectivity index is 2.53. The van der Waals surface area contributed by atoms with E-state index in [-0.39, 0.29) is 6.03 Å². The van der Waals surface area contributed by atoms with Gasteiger partial charge in [0, 0.05) is 6.54 Å². The number of hydrogen-bond acceptors (Lipinski definition) is 2. The van der Waals surface area contributed by atoms with Gasteiger partial charge in [0.1, 0.15) is 5.54 Å². The van der Waals surface area contributed by atoms with Crippen LogP contribution < -0.4 is 10.6 Å². The second kappa shape index (κ2) is 7.16. The fourth-order valence-corrected chi connectivity index (χ4v) is 2.27. The first-order valence-corrected chi connectivity index (χ1v) is 6.70. The molecular formula is C13H23N3O.